The average molecular weight is 440 g/mol. The van der Waals surface area contributed by atoms with E-state index < -0.39 is 12.2 Å². The summed E-state index contributed by atoms with van der Waals surface area (Å²) in [5.74, 6) is -0.659. The highest BCUT2D eigenvalue weighted by molar-refractivity contribution is 5.98. The Labute approximate surface area is 180 Å². The molecule has 0 unspecified atom stereocenters. The number of carbonyl (C=O) groups is 1. The minimum absolute atomic E-state index is 0.109. The number of amides is 1. The molecular formula is C22H19F3N6O. The molecule has 1 saturated heterocycles. The Kier molecular flexibility index (Phi) is 4.99. The lowest BCUT2D eigenvalue weighted by molar-refractivity contribution is 0.0665. The van der Waals surface area contributed by atoms with Crippen molar-refractivity contribution in [3.8, 4) is 0 Å². The highest BCUT2D eigenvalue weighted by Crippen LogP contribution is 2.34. The van der Waals surface area contributed by atoms with E-state index in [2.05, 4.69) is 20.1 Å². The first kappa shape index (κ1) is 20.3. The van der Waals surface area contributed by atoms with Crippen LogP contribution in [-0.2, 0) is 0 Å². The molecule has 0 radical (unpaired) electrons. The smallest absolute Gasteiger partial charge is 0.280 e. The molecule has 1 amide bonds. The van der Waals surface area contributed by atoms with E-state index in [1.807, 2.05) is 6.92 Å². The van der Waals surface area contributed by atoms with Crippen LogP contribution in [0.3, 0.4) is 0 Å². The van der Waals surface area contributed by atoms with Crippen molar-refractivity contribution in [3.05, 3.63) is 65.6 Å². The number of fused-ring (bicyclic) bond motifs is 2. The third-order valence-corrected chi connectivity index (χ3v) is 6.04. The predicted molar refractivity (Wildman–Crippen MR) is 110 cm³/mol. The lowest BCUT2D eigenvalue weighted by Crippen LogP contribution is -2.42. The van der Waals surface area contributed by atoms with Gasteiger partial charge in [-0.05, 0) is 42.7 Å². The molecule has 1 aliphatic heterocycles. The summed E-state index contributed by atoms with van der Waals surface area (Å²) >= 11 is 0. The molecule has 10 heteroatoms. The quantitative estimate of drug-likeness (QED) is 0.481. The summed E-state index contributed by atoms with van der Waals surface area (Å²) in [7, 11) is 0. The summed E-state index contributed by atoms with van der Waals surface area (Å²) in [5, 5.41) is 4.69. The highest BCUT2D eigenvalue weighted by atomic mass is 19.3. The molecule has 0 saturated carbocycles. The fourth-order valence-electron chi connectivity index (χ4n) is 4.29. The largest absolute Gasteiger partial charge is 0.338 e. The van der Waals surface area contributed by atoms with Crippen molar-refractivity contribution in [2.75, 3.05) is 13.1 Å². The molecule has 0 N–H and O–H groups in total. The van der Waals surface area contributed by atoms with Gasteiger partial charge in [-0.1, -0.05) is 6.92 Å². The molecule has 164 valence electrons. The molecule has 2 atom stereocenters. The van der Waals surface area contributed by atoms with Crippen LogP contribution in [0.4, 0.5) is 13.2 Å². The first-order chi connectivity index (χ1) is 15.4. The standard InChI is InChI=1S/C22H19F3N6O/c1-12-4-5-30(21(32)13-2-3-17-14(6-13)7-15(23)9-26-17)10-16(12)19-8-18(20(24)25)29-22-27-11-28-31(19)22/h2-3,6-9,11-12,16,20H,4-5,10H2,1H3/t12-,16-/m1/s1. The van der Waals surface area contributed by atoms with Gasteiger partial charge in [0.25, 0.3) is 18.1 Å². The highest BCUT2D eigenvalue weighted by Gasteiger charge is 2.33. The zero-order chi connectivity index (χ0) is 22.4. The third kappa shape index (κ3) is 3.55. The number of benzene rings is 1. The van der Waals surface area contributed by atoms with Crippen LogP contribution in [0.25, 0.3) is 16.7 Å². The van der Waals surface area contributed by atoms with Gasteiger partial charge in [-0.3, -0.25) is 9.78 Å². The number of rotatable bonds is 3. The van der Waals surface area contributed by atoms with Gasteiger partial charge in [0.2, 0.25) is 0 Å². The van der Waals surface area contributed by atoms with Crippen LogP contribution in [0, 0.1) is 11.7 Å². The number of hydrogen-bond donors (Lipinski definition) is 0. The zero-order valence-corrected chi connectivity index (χ0v) is 17.1. The van der Waals surface area contributed by atoms with Crippen LogP contribution >= 0.6 is 0 Å². The van der Waals surface area contributed by atoms with Crippen molar-refractivity contribution in [1.29, 1.82) is 0 Å². The summed E-state index contributed by atoms with van der Waals surface area (Å²) in [6.07, 6.45) is 0.370. The van der Waals surface area contributed by atoms with E-state index in [-0.39, 0.29) is 29.2 Å². The van der Waals surface area contributed by atoms with Gasteiger partial charge in [-0.2, -0.15) is 10.1 Å². The second kappa shape index (κ2) is 7.85. The third-order valence-electron chi connectivity index (χ3n) is 6.04. The number of nitrogens with zero attached hydrogens (tertiary/aromatic N) is 6. The maximum Gasteiger partial charge on any atom is 0.280 e. The normalized spacial score (nSPS) is 19.2. The lowest BCUT2D eigenvalue weighted by atomic mass is 9.84. The van der Waals surface area contributed by atoms with Crippen molar-refractivity contribution >= 4 is 22.6 Å². The van der Waals surface area contributed by atoms with Crippen LogP contribution in [0.5, 0.6) is 0 Å². The molecule has 4 heterocycles. The van der Waals surface area contributed by atoms with Gasteiger partial charge >= 0.3 is 0 Å². The molecule has 5 rings (SSSR count). The molecule has 3 aromatic heterocycles. The summed E-state index contributed by atoms with van der Waals surface area (Å²) in [4.78, 5) is 26.8. The van der Waals surface area contributed by atoms with E-state index in [4.69, 9.17) is 0 Å². The molecule has 0 spiro atoms. The Morgan fingerprint density at radius 2 is 2.03 bits per heavy atom. The Hall–Kier alpha value is -3.56. The van der Waals surface area contributed by atoms with Gasteiger partial charge in [0.15, 0.2) is 0 Å². The number of likely N-dealkylation sites (tertiary alicyclic amines) is 1. The zero-order valence-electron chi connectivity index (χ0n) is 17.1. The first-order valence-electron chi connectivity index (χ1n) is 10.2. The summed E-state index contributed by atoms with van der Waals surface area (Å²) in [5.41, 5.74) is 1.21. The monoisotopic (exact) mass is 440 g/mol. The summed E-state index contributed by atoms with van der Waals surface area (Å²) in [6, 6.07) is 7.66. The van der Waals surface area contributed by atoms with Crippen LogP contribution in [0.1, 0.15) is 47.4 Å². The lowest BCUT2D eigenvalue weighted by Gasteiger charge is -2.37. The Morgan fingerprint density at radius 3 is 2.84 bits per heavy atom. The van der Waals surface area contributed by atoms with E-state index in [0.717, 1.165) is 6.20 Å². The molecule has 7 nitrogen and oxygen atoms in total. The fourth-order valence-corrected chi connectivity index (χ4v) is 4.29. The maximum absolute atomic E-state index is 13.6. The molecule has 1 aromatic carbocycles. The first-order valence-corrected chi connectivity index (χ1v) is 10.2. The van der Waals surface area contributed by atoms with Crippen LogP contribution in [0.2, 0.25) is 0 Å². The van der Waals surface area contributed by atoms with Crippen molar-refractivity contribution < 1.29 is 18.0 Å². The number of piperidine rings is 1. The summed E-state index contributed by atoms with van der Waals surface area (Å²) < 4.78 is 41.9. The molecule has 4 aromatic rings. The molecule has 0 bridgehead atoms. The maximum atomic E-state index is 13.6. The van der Waals surface area contributed by atoms with Gasteiger partial charge < -0.3 is 4.90 Å². The molecule has 1 aliphatic rings. The SMILES string of the molecule is C[C@@H]1CCN(C(=O)c2ccc3ncc(F)cc3c2)C[C@H]1c1cc(C(F)F)nc2ncnn12. The van der Waals surface area contributed by atoms with Crippen molar-refractivity contribution in [3.63, 3.8) is 0 Å². The predicted octanol–water partition coefficient (Wildman–Crippen LogP) is 4.02. The van der Waals surface area contributed by atoms with Gasteiger partial charge in [-0.15, -0.1) is 0 Å². The van der Waals surface area contributed by atoms with Crippen LogP contribution in [-0.4, -0.2) is 48.5 Å². The number of alkyl halides is 2. The number of aromatic nitrogens is 5. The molecule has 1 fully saturated rings. The van der Waals surface area contributed by atoms with Crippen LogP contribution < -0.4 is 0 Å². The average Bonchev–Trinajstić information content (AvgIpc) is 3.26. The Balaban J connectivity index is 1.48. The van der Waals surface area contributed by atoms with E-state index in [0.29, 0.717) is 41.7 Å². The van der Waals surface area contributed by atoms with E-state index in [1.54, 1.807) is 23.1 Å². The Morgan fingerprint density at radius 1 is 1.19 bits per heavy atom. The van der Waals surface area contributed by atoms with Crippen molar-refractivity contribution in [1.82, 2.24) is 29.5 Å². The molecule has 32 heavy (non-hydrogen) atoms. The van der Waals surface area contributed by atoms with E-state index in [1.165, 1.54) is 23.0 Å². The molecular weight excluding hydrogens is 421 g/mol. The van der Waals surface area contributed by atoms with E-state index >= 15 is 0 Å². The van der Waals surface area contributed by atoms with Gasteiger partial charge in [-0.25, -0.2) is 22.7 Å². The minimum Gasteiger partial charge on any atom is -0.338 e. The number of pyridine rings is 1. The summed E-state index contributed by atoms with van der Waals surface area (Å²) in [6.45, 7) is 2.90. The van der Waals surface area contributed by atoms with Gasteiger partial charge in [0.1, 0.15) is 17.8 Å². The van der Waals surface area contributed by atoms with Crippen molar-refractivity contribution in [2.24, 2.45) is 5.92 Å². The minimum atomic E-state index is -2.74. The number of carbonyl (C=O) groups excluding carboxylic acids is 1. The van der Waals surface area contributed by atoms with E-state index in [9.17, 15) is 18.0 Å². The number of halogens is 3. The van der Waals surface area contributed by atoms with Crippen LogP contribution in [0.15, 0.2) is 42.9 Å². The second-order valence-corrected chi connectivity index (χ2v) is 8.06. The number of hydrogen-bond acceptors (Lipinski definition) is 5. The van der Waals surface area contributed by atoms with Gasteiger partial charge in [0, 0.05) is 30.0 Å². The Bertz CT molecular complexity index is 1320. The van der Waals surface area contributed by atoms with Crippen molar-refractivity contribution in [2.45, 2.75) is 25.7 Å². The van der Waals surface area contributed by atoms with Gasteiger partial charge in [0.05, 0.1) is 17.4 Å². The topological polar surface area (TPSA) is 76.3 Å². The fraction of sp³-hybridized carbons (Fsp3) is 0.318. The second-order valence-electron chi connectivity index (χ2n) is 8.06. The molecule has 0 aliphatic carbocycles.